The van der Waals surface area contributed by atoms with E-state index in [-0.39, 0.29) is 18.7 Å². The van der Waals surface area contributed by atoms with Crippen LogP contribution in [0.1, 0.15) is 44.7 Å². The van der Waals surface area contributed by atoms with Crippen molar-refractivity contribution in [3.63, 3.8) is 0 Å². The predicted molar refractivity (Wildman–Crippen MR) is 124 cm³/mol. The summed E-state index contributed by atoms with van der Waals surface area (Å²) in [5.74, 6) is -5.32. The van der Waals surface area contributed by atoms with Crippen LogP contribution in [-0.2, 0) is 16.0 Å². The average Bonchev–Trinajstić information content (AvgIpc) is 2.80. The number of rotatable bonds is 7. The second-order valence-corrected chi connectivity index (χ2v) is 9.24. The molecule has 0 fully saturated rings. The molecule has 1 N–H and O–H groups in total. The number of hydrogen-bond acceptors (Lipinski definition) is 4. The molecule has 1 aliphatic heterocycles. The van der Waals surface area contributed by atoms with Crippen LogP contribution < -0.4 is 4.74 Å². The van der Waals surface area contributed by atoms with Crippen LogP contribution in [0.2, 0.25) is 0 Å². The molecule has 1 aliphatic rings. The lowest BCUT2D eigenvalue weighted by Gasteiger charge is -2.31. The summed E-state index contributed by atoms with van der Waals surface area (Å²) in [5, 5.41) is 9.72. The van der Waals surface area contributed by atoms with Crippen LogP contribution in [0.3, 0.4) is 0 Å². The van der Waals surface area contributed by atoms with E-state index in [0.717, 1.165) is 17.2 Å². The molecule has 2 aromatic carbocycles. The summed E-state index contributed by atoms with van der Waals surface area (Å²) in [5.41, 5.74) is 1.79. The van der Waals surface area contributed by atoms with Crippen LogP contribution in [0.5, 0.6) is 5.75 Å². The van der Waals surface area contributed by atoms with Crippen LogP contribution in [0, 0.1) is 17.5 Å². The highest BCUT2D eigenvalue weighted by Gasteiger charge is 2.30. The van der Waals surface area contributed by atoms with Crippen LogP contribution in [0.25, 0.3) is 5.57 Å². The van der Waals surface area contributed by atoms with Crippen molar-refractivity contribution in [1.82, 2.24) is 4.90 Å². The molecule has 0 aromatic heterocycles. The monoisotopic (exact) mass is 491 g/mol. The first-order valence-corrected chi connectivity index (χ1v) is 11.2. The number of ether oxygens (including phenoxy) is 2. The normalized spacial score (nSPS) is 14.2. The Morgan fingerprint density at radius 2 is 1.69 bits per heavy atom. The van der Waals surface area contributed by atoms with Gasteiger partial charge in [0.15, 0.2) is 17.4 Å². The van der Waals surface area contributed by atoms with Crippen molar-refractivity contribution in [3.05, 3.63) is 70.5 Å². The lowest BCUT2D eigenvalue weighted by Crippen LogP contribution is -2.41. The van der Waals surface area contributed by atoms with E-state index in [4.69, 9.17) is 9.47 Å². The van der Waals surface area contributed by atoms with Crippen molar-refractivity contribution >= 4 is 17.6 Å². The van der Waals surface area contributed by atoms with E-state index >= 15 is 0 Å². The fourth-order valence-electron chi connectivity index (χ4n) is 3.72. The molecule has 0 atom stereocenters. The molecule has 0 unspecified atom stereocenters. The molecule has 3 rings (SSSR count). The van der Waals surface area contributed by atoms with Crippen molar-refractivity contribution in [2.45, 2.75) is 45.6 Å². The standard InChI is InChI=1S/C26H28F3NO5/c1-26(2,3)35-25(33)30-13-12-18(19(15-30)24(31)32)17-8-6-16(7-9-17)5-4-14-34-23-21(28)11-10-20(27)22(23)29/h6-11H,4-5,12-15H2,1-3H3,(H,31,32). The Hall–Kier alpha value is -3.49. The second-order valence-electron chi connectivity index (χ2n) is 9.24. The predicted octanol–water partition coefficient (Wildman–Crippen LogP) is 5.59. The summed E-state index contributed by atoms with van der Waals surface area (Å²) in [7, 11) is 0. The van der Waals surface area contributed by atoms with Crippen LogP contribution in [-0.4, -0.2) is 47.4 Å². The van der Waals surface area contributed by atoms with Gasteiger partial charge in [-0.15, -0.1) is 0 Å². The number of carbonyl (C=O) groups excluding carboxylic acids is 1. The Morgan fingerprint density at radius 1 is 1.03 bits per heavy atom. The van der Waals surface area contributed by atoms with Crippen LogP contribution >= 0.6 is 0 Å². The third kappa shape index (κ3) is 6.77. The second kappa shape index (κ2) is 10.8. The van der Waals surface area contributed by atoms with Gasteiger partial charge in [0, 0.05) is 6.54 Å². The van der Waals surface area contributed by atoms with Gasteiger partial charge in [-0.2, -0.15) is 4.39 Å². The molecule has 0 bridgehead atoms. The molecule has 6 nitrogen and oxygen atoms in total. The van der Waals surface area contributed by atoms with Crippen LogP contribution in [0.15, 0.2) is 42.0 Å². The molecule has 1 heterocycles. The Morgan fingerprint density at radius 3 is 2.31 bits per heavy atom. The fourth-order valence-corrected chi connectivity index (χ4v) is 3.72. The van der Waals surface area contributed by atoms with E-state index in [2.05, 4.69) is 0 Å². The topological polar surface area (TPSA) is 76.1 Å². The number of aliphatic carboxylic acids is 1. The summed E-state index contributed by atoms with van der Waals surface area (Å²) in [4.78, 5) is 25.6. The molecule has 1 amide bonds. The lowest BCUT2D eigenvalue weighted by molar-refractivity contribution is -0.132. The maximum absolute atomic E-state index is 13.6. The molecule has 2 aromatic rings. The molecule has 188 valence electrons. The Balaban J connectivity index is 1.62. The minimum absolute atomic E-state index is 0.00609. The van der Waals surface area contributed by atoms with Crippen molar-refractivity contribution in [2.75, 3.05) is 19.7 Å². The molecule has 0 saturated carbocycles. The number of carbonyl (C=O) groups is 2. The highest BCUT2D eigenvalue weighted by atomic mass is 19.2. The van der Waals surface area contributed by atoms with E-state index in [1.165, 1.54) is 4.90 Å². The smallest absolute Gasteiger partial charge is 0.410 e. The zero-order valence-corrected chi connectivity index (χ0v) is 19.9. The third-order valence-electron chi connectivity index (χ3n) is 5.42. The zero-order valence-electron chi connectivity index (χ0n) is 19.9. The van der Waals surface area contributed by atoms with Gasteiger partial charge in [-0.05, 0) is 68.9 Å². The summed E-state index contributed by atoms with van der Waals surface area (Å²) < 4.78 is 51.0. The molecular formula is C26H28F3NO5. The van der Waals surface area contributed by atoms with Gasteiger partial charge in [0.05, 0.1) is 18.7 Å². The number of carboxylic acids is 1. The van der Waals surface area contributed by atoms with Crippen LogP contribution in [0.4, 0.5) is 18.0 Å². The summed E-state index contributed by atoms with van der Waals surface area (Å²) in [6, 6.07) is 8.81. The summed E-state index contributed by atoms with van der Waals surface area (Å²) in [6.07, 6.45) is 0.795. The van der Waals surface area contributed by atoms with Gasteiger partial charge < -0.3 is 19.5 Å². The minimum atomic E-state index is -1.35. The summed E-state index contributed by atoms with van der Waals surface area (Å²) in [6.45, 7) is 5.53. The Kier molecular flexibility index (Phi) is 8.09. The Labute approximate surface area is 202 Å². The molecule has 0 saturated heterocycles. The van der Waals surface area contributed by atoms with Gasteiger partial charge in [-0.25, -0.2) is 18.4 Å². The largest absolute Gasteiger partial charge is 0.488 e. The number of hydrogen-bond donors (Lipinski definition) is 1. The first-order chi connectivity index (χ1) is 16.5. The molecule has 0 spiro atoms. The molecule has 9 heteroatoms. The van der Waals surface area contributed by atoms with E-state index in [1.807, 2.05) is 24.3 Å². The quantitative estimate of drug-likeness (QED) is 0.403. The Bertz CT molecular complexity index is 1120. The van der Waals surface area contributed by atoms with E-state index < -0.39 is 40.9 Å². The number of amides is 1. The van der Waals surface area contributed by atoms with E-state index in [1.54, 1.807) is 20.8 Å². The number of aryl methyl sites for hydroxylation is 1. The van der Waals surface area contributed by atoms with Crippen molar-refractivity contribution < 1.29 is 37.3 Å². The number of nitrogens with zero attached hydrogens (tertiary/aromatic N) is 1. The maximum Gasteiger partial charge on any atom is 0.410 e. The van der Waals surface area contributed by atoms with Crippen molar-refractivity contribution in [2.24, 2.45) is 0 Å². The SMILES string of the molecule is CC(C)(C)OC(=O)N1CCC(c2ccc(CCCOc3c(F)ccc(F)c3F)cc2)=C(C(=O)O)C1. The number of carboxylic acid groups (broad SMARTS) is 1. The fraction of sp³-hybridized carbons (Fsp3) is 0.385. The molecular weight excluding hydrogens is 463 g/mol. The first kappa shape index (κ1) is 26.1. The van der Waals surface area contributed by atoms with Gasteiger partial charge >= 0.3 is 12.1 Å². The molecule has 0 aliphatic carbocycles. The highest BCUT2D eigenvalue weighted by Crippen LogP contribution is 2.29. The van der Waals surface area contributed by atoms with Crippen molar-refractivity contribution in [1.29, 1.82) is 0 Å². The van der Waals surface area contributed by atoms with Gasteiger partial charge in [0.2, 0.25) is 5.82 Å². The van der Waals surface area contributed by atoms with Gasteiger partial charge in [0.1, 0.15) is 5.60 Å². The highest BCUT2D eigenvalue weighted by molar-refractivity contribution is 5.98. The van der Waals surface area contributed by atoms with Gasteiger partial charge in [-0.3, -0.25) is 0 Å². The van der Waals surface area contributed by atoms with Gasteiger partial charge in [-0.1, -0.05) is 24.3 Å². The first-order valence-electron chi connectivity index (χ1n) is 11.2. The minimum Gasteiger partial charge on any atom is -0.488 e. The van der Waals surface area contributed by atoms with E-state index in [0.29, 0.717) is 37.4 Å². The van der Waals surface area contributed by atoms with Crippen molar-refractivity contribution in [3.8, 4) is 5.75 Å². The number of halogens is 3. The average molecular weight is 492 g/mol. The third-order valence-corrected chi connectivity index (χ3v) is 5.42. The zero-order chi connectivity index (χ0) is 25.8. The lowest BCUT2D eigenvalue weighted by atomic mass is 9.92. The maximum atomic E-state index is 13.6. The van der Waals surface area contributed by atoms with E-state index in [9.17, 15) is 27.9 Å². The van der Waals surface area contributed by atoms with Gasteiger partial charge in [0.25, 0.3) is 0 Å². The molecule has 0 radical (unpaired) electrons. The number of benzene rings is 2. The summed E-state index contributed by atoms with van der Waals surface area (Å²) >= 11 is 0. The molecule has 35 heavy (non-hydrogen) atoms.